The standard InChI is InChI=1S/C18H22O4/c1-4-8-13-15(19)14(11-12-9-6-5-7-10-12)16(20)18(22-3)17(13)21-2/h5-7,9-10,19-20H,4,8,11H2,1-3H3. The smallest absolute Gasteiger partial charge is 0.203 e. The van der Waals surface area contributed by atoms with Crippen molar-refractivity contribution < 1.29 is 19.7 Å². The molecular weight excluding hydrogens is 280 g/mol. The van der Waals surface area contributed by atoms with Gasteiger partial charge in [0.15, 0.2) is 11.5 Å². The van der Waals surface area contributed by atoms with Crippen LogP contribution in [0.25, 0.3) is 0 Å². The van der Waals surface area contributed by atoms with Crippen molar-refractivity contribution in [3.8, 4) is 23.0 Å². The van der Waals surface area contributed by atoms with Crippen molar-refractivity contribution in [2.45, 2.75) is 26.2 Å². The normalized spacial score (nSPS) is 10.5. The van der Waals surface area contributed by atoms with Crippen molar-refractivity contribution in [2.24, 2.45) is 0 Å². The molecule has 0 radical (unpaired) electrons. The molecule has 0 saturated heterocycles. The lowest BCUT2D eigenvalue weighted by atomic mass is 9.96. The average molecular weight is 302 g/mol. The van der Waals surface area contributed by atoms with Gasteiger partial charge in [-0.2, -0.15) is 0 Å². The van der Waals surface area contributed by atoms with Gasteiger partial charge in [0, 0.05) is 17.5 Å². The Morgan fingerprint density at radius 3 is 2.05 bits per heavy atom. The zero-order valence-corrected chi connectivity index (χ0v) is 13.2. The first-order valence-electron chi connectivity index (χ1n) is 7.35. The predicted molar refractivity (Wildman–Crippen MR) is 86.1 cm³/mol. The van der Waals surface area contributed by atoms with Crippen molar-refractivity contribution in [3.05, 3.63) is 47.0 Å². The first-order valence-corrected chi connectivity index (χ1v) is 7.35. The topological polar surface area (TPSA) is 58.9 Å². The molecule has 0 atom stereocenters. The summed E-state index contributed by atoms with van der Waals surface area (Å²) in [7, 11) is 2.99. The molecule has 0 amide bonds. The highest BCUT2D eigenvalue weighted by Gasteiger charge is 2.24. The minimum absolute atomic E-state index is 0.0689. The lowest BCUT2D eigenvalue weighted by Gasteiger charge is -2.19. The van der Waals surface area contributed by atoms with Gasteiger partial charge >= 0.3 is 0 Å². The molecule has 0 fully saturated rings. The molecular formula is C18H22O4. The Kier molecular flexibility index (Phi) is 5.15. The minimum Gasteiger partial charge on any atom is -0.507 e. The van der Waals surface area contributed by atoms with Crippen molar-refractivity contribution in [3.63, 3.8) is 0 Å². The van der Waals surface area contributed by atoms with Gasteiger partial charge in [0.05, 0.1) is 14.2 Å². The number of hydrogen-bond donors (Lipinski definition) is 2. The van der Waals surface area contributed by atoms with Gasteiger partial charge in [-0.15, -0.1) is 0 Å². The van der Waals surface area contributed by atoms with E-state index in [0.29, 0.717) is 29.7 Å². The van der Waals surface area contributed by atoms with Crippen LogP contribution in [0.1, 0.15) is 30.0 Å². The zero-order valence-electron chi connectivity index (χ0n) is 13.2. The molecule has 2 N–H and O–H groups in total. The number of rotatable bonds is 6. The van der Waals surface area contributed by atoms with Crippen LogP contribution in [-0.4, -0.2) is 24.4 Å². The largest absolute Gasteiger partial charge is 0.507 e. The second kappa shape index (κ2) is 7.07. The van der Waals surface area contributed by atoms with Crippen LogP contribution in [0, 0.1) is 0 Å². The number of methoxy groups -OCH3 is 2. The Labute approximate surface area is 130 Å². The van der Waals surface area contributed by atoms with Crippen molar-refractivity contribution in [1.29, 1.82) is 0 Å². The van der Waals surface area contributed by atoms with E-state index in [0.717, 1.165) is 12.0 Å². The number of hydrogen-bond acceptors (Lipinski definition) is 4. The van der Waals surface area contributed by atoms with Crippen LogP contribution in [0.5, 0.6) is 23.0 Å². The molecule has 0 aliphatic carbocycles. The second-order valence-corrected chi connectivity index (χ2v) is 5.13. The van der Waals surface area contributed by atoms with E-state index in [1.54, 1.807) is 0 Å². The van der Waals surface area contributed by atoms with Crippen LogP contribution in [0.15, 0.2) is 30.3 Å². The van der Waals surface area contributed by atoms with Crippen LogP contribution in [0.4, 0.5) is 0 Å². The summed E-state index contributed by atoms with van der Waals surface area (Å²) in [4.78, 5) is 0. The lowest BCUT2D eigenvalue weighted by molar-refractivity contribution is 0.322. The third-order valence-corrected chi connectivity index (χ3v) is 3.68. The summed E-state index contributed by atoms with van der Waals surface area (Å²) in [6, 6.07) is 9.69. The van der Waals surface area contributed by atoms with E-state index in [-0.39, 0.29) is 17.2 Å². The second-order valence-electron chi connectivity index (χ2n) is 5.13. The van der Waals surface area contributed by atoms with E-state index in [4.69, 9.17) is 9.47 Å². The van der Waals surface area contributed by atoms with E-state index in [9.17, 15) is 10.2 Å². The molecule has 2 rings (SSSR count). The highest BCUT2D eigenvalue weighted by Crippen LogP contribution is 2.48. The fourth-order valence-corrected chi connectivity index (χ4v) is 2.64. The molecule has 0 aromatic heterocycles. The fraction of sp³-hybridized carbons (Fsp3) is 0.333. The molecule has 0 saturated carbocycles. The molecule has 0 spiro atoms. The van der Waals surface area contributed by atoms with E-state index in [2.05, 4.69) is 0 Å². The highest BCUT2D eigenvalue weighted by molar-refractivity contribution is 5.66. The predicted octanol–water partition coefficient (Wildman–Crippen LogP) is 3.66. The van der Waals surface area contributed by atoms with Crippen LogP contribution in [-0.2, 0) is 12.8 Å². The maximum atomic E-state index is 10.6. The van der Waals surface area contributed by atoms with Gasteiger partial charge in [0.25, 0.3) is 0 Å². The third-order valence-electron chi connectivity index (χ3n) is 3.68. The molecule has 4 nitrogen and oxygen atoms in total. The molecule has 0 bridgehead atoms. The van der Waals surface area contributed by atoms with Crippen molar-refractivity contribution in [1.82, 2.24) is 0 Å². The zero-order chi connectivity index (χ0) is 16.1. The molecule has 0 unspecified atom stereocenters. The van der Waals surface area contributed by atoms with Gasteiger partial charge in [-0.05, 0) is 12.0 Å². The quantitative estimate of drug-likeness (QED) is 0.855. The average Bonchev–Trinajstić information content (AvgIpc) is 2.54. The first kappa shape index (κ1) is 16.0. The summed E-state index contributed by atoms with van der Waals surface area (Å²) in [6.45, 7) is 2.02. The monoisotopic (exact) mass is 302 g/mol. The molecule has 2 aromatic carbocycles. The Morgan fingerprint density at radius 2 is 1.50 bits per heavy atom. The van der Waals surface area contributed by atoms with Crippen LogP contribution >= 0.6 is 0 Å². The van der Waals surface area contributed by atoms with Gasteiger partial charge in [-0.25, -0.2) is 0 Å². The number of ether oxygens (including phenoxy) is 2. The molecule has 4 heteroatoms. The van der Waals surface area contributed by atoms with E-state index < -0.39 is 0 Å². The van der Waals surface area contributed by atoms with Crippen molar-refractivity contribution >= 4 is 0 Å². The SMILES string of the molecule is CCCc1c(O)c(Cc2ccccc2)c(O)c(OC)c1OC. The number of phenols is 2. The maximum absolute atomic E-state index is 10.6. The van der Waals surface area contributed by atoms with Crippen LogP contribution < -0.4 is 9.47 Å². The van der Waals surface area contributed by atoms with E-state index in [1.807, 2.05) is 37.3 Å². The van der Waals surface area contributed by atoms with E-state index >= 15 is 0 Å². The van der Waals surface area contributed by atoms with E-state index in [1.165, 1.54) is 14.2 Å². The summed E-state index contributed by atoms with van der Waals surface area (Å²) < 4.78 is 10.6. The Bertz CT molecular complexity index is 636. The summed E-state index contributed by atoms with van der Waals surface area (Å²) in [5, 5.41) is 21.1. The molecule has 2 aromatic rings. The number of aromatic hydroxyl groups is 2. The molecule has 22 heavy (non-hydrogen) atoms. The van der Waals surface area contributed by atoms with Gasteiger partial charge in [-0.1, -0.05) is 43.7 Å². The van der Waals surface area contributed by atoms with Gasteiger partial charge < -0.3 is 19.7 Å². The fourth-order valence-electron chi connectivity index (χ4n) is 2.64. The third kappa shape index (κ3) is 2.96. The van der Waals surface area contributed by atoms with Crippen LogP contribution in [0.2, 0.25) is 0 Å². The number of benzene rings is 2. The summed E-state index contributed by atoms with van der Waals surface area (Å²) in [5.74, 6) is 0.687. The highest BCUT2D eigenvalue weighted by atomic mass is 16.5. The number of phenolic OH excluding ortho intramolecular Hbond substituents is 2. The lowest BCUT2D eigenvalue weighted by Crippen LogP contribution is -2.01. The Balaban J connectivity index is 2.60. The van der Waals surface area contributed by atoms with Gasteiger partial charge in [0.1, 0.15) is 5.75 Å². The molecule has 0 aliphatic heterocycles. The molecule has 118 valence electrons. The Morgan fingerprint density at radius 1 is 0.864 bits per heavy atom. The molecule has 0 aliphatic rings. The molecule has 0 heterocycles. The summed E-state index contributed by atoms with van der Waals surface area (Å²) >= 11 is 0. The van der Waals surface area contributed by atoms with Crippen LogP contribution in [0.3, 0.4) is 0 Å². The first-order chi connectivity index (χ1) is 10.6. The summed E-state index contributed by atoms with van der Waals surface area (Å²) in [6.07, 6.45) is 1.92. The van der Waals surface area contributed by atoms with Gasteiger partial charge in [-0.3, -0.25) is 0 Å². The minimum atomic E-state index is -0.0689. The van der Waals surface area contributed by atoms with Gasteiger partial charge in [0.2, 0.25) is 5.75 Å². The Hall–Kier alpha value is -2.36. The summed E-state index contributed by atoms with van der Waals surface area (Å²) in [5.41, 5.74) is 2.14. The van der Waals surface area contributed by atoms with Crippen molar-refractivity contribution in [2.75, 3.05) is 14.2 Å². The maximum Gasteiger partial charge on any atom is 0.203 e.